The van der Waals surface area contributed by atoms with Gasteiger partial charge in [0.25, 0.3) is 0 Å². The fourth-order valence-electron chi connectivity index (χ4n) is 3.19. The molecule has 4 rings (SSSR count). The molecule has 0 N–H and O–H groups in total. The second kappa shape index (κ2) is 8.02. The molecule has 0 fully saturated rings. The van der Waals surface area contributed by atoms with E-state index in [0.29, 0.717) is 34.4 Å². The lowest BCUT2D eigenvalue weighted by Gasteiger charge is -2.11. The third-order valence-corrected chi connectivity index (χ3v) is 5.02. The Morgan fingerprint density at radius 1 is 1.00 bits per heavy atom. The zero-order valence-corrected chi connectivity index (χ0v) is 16.8. The third-order valence-electron chi connectivity index (χ3n) is 4.77. The number of halogens is 1. The largest absolute Gasteiger partial charge is 0.496 e. The van der Waals surface area contributed by atoms with Crippen molar-refractivity contribution >= 4 is 23.5 Å². The van der Waals surface area contributed by atoms with Crippen LogP contribution in [0.5, 0.6) is 17.2 Å². The van der Waals surface area contributed by atoms with Crippen molar-refractivity contribution in [1.29, 1.82) is 0 Å². The number of ether oxygens (including phenoxy) is 3. The number of hydrogen-bond acceptors (Lipinski definition) is 4. The van der Waals surface area contributed by atoms with Gasteiger partial charge in [-0.2, -0.15) is 0 Å². The fourth-order valence-corrected chi connectivity index (χ4v) is 3.32. The molecule has 1 aliphatic heterocycles. The smallest absolute Gasteiger partial charge is 0.231 e. The highest BCUT2D eigenvalue weighted by Gasteiger charge is 2.30. The Kier molecular flexibility index (Phi) is 5.28. The van der Waals surface area contributed by atoms with Gasteiger partial charge in [0.05, 0.1) is 12.7 Å². The van der Waals surface area contributed by atoms with Gasteiger partial charge in [0.1, 0.15) is 23.9 Å². The minimum atomic E-state index is -0.154. The Morgan fingerprint density at radius 3 is 2.52 bits per heavy atom. The molecule has 29 heavy (non-hydrogen) atoms. The SMILES string of the molecule is COc1ccccc1/C=C1\Oc2c(ccc(OCc3ccc(Cl)cc3)c2C)C1=O. The first kappa shape index (κ1) is 19.1. The Balaban J connectivity index is 1.58. The number of methoxy groups -OCH3 is 1. The Labute approximate surface area is 174 Å². The summed E-state index contributed by atoms with van der Waals surface area (Å²) >= 11 is 5.92. The Morgan fingerprint density at radius 2 is 1.76 bits per heavy atom. The molecule has 5 heteroatoms. The van der Waals surface area contributed by atoms with Crippen LogP contribution in [0.2, 0.25) is 5.02 Å². The van der Waals surface area contributed by atoms with E-state index >= 15 is 0 Å². The van der Waals surface area contributed by atoms with E-state index in [0.717, 1.165) is 16.7 Å². The first-order valence-corrected chi connectivity index (χ1v) is 9.52. The van der Waals surface area contributed by atoms with E-state index in [9.17, 15) is 4.79 Å². The van der Waals surface area contributed by atoms with E-state index in [1.807, 2.05) is 55.5 Å². The van der Waals surface area contributed by atoms with E-state index in [-0.39, 0.29) is 11.5 Å². The highest BCUT2D eigenvalue weighted by molar-refractivity contribution is 6.30. The molecule has 3 aromatic carbocycles. The van der Waals surface area contributed by atoms with Gasteiger partial charge in [0, 0.05) is 16.1 Å². The summed E-state index contributed by atoms with van der Waals surface area (Å²) in [5.74, 6) is 1.99. The Bertz CT molecular complexity index is 1100. The molecule has 0 bridgehead atoms. The third kappa shape index (κ3) is 3.84. The maximum Gasteiger partial charge on any atom is 0.231 e. The molecule has 4 nitrogen and oxygen atoms in total. The van der Waals surface area contributed by atoms with Crippen LogP contribution in [0.15, 0.2) is 66.4 Å². The molecule has 3 aromatic rings. The molecule has 1 heterocycles. The van der Waals surface area contributed by atoms with Crippen molar-refractivity contribution in [3.63, 3.8) is 0 Å². The van der Waals surface area contributed by atoms with Gasteiger partial charge in [0.2, 0.25) is 5.78 Å². The predicted molar refractivity (Wildman–Crippen MR) is 113 cm³/mol. The number of para-hydroxylation sites is 1. The summed E-state index contributed by atoms with van der Waals surface area (Å²) in [5, 5.41) is 0.684. The minimum Gasteiger partial charge on any atom is -0.496 e. The molecule has 0 radical (unpaired) electrons. The van der Waals surface area contributed by atoms with Crippen molar-refractivity contribution in [1.82, 2.24) is 0 Å². The number of hydrogen-bond donors (Lipinski definition) is 0. The zero-order chi connectivity index (χ0) is 20.4. The molecule has 0 aliphatic carbocycles. The van der Waals surface area contributed by atoms with Crippen molar-refractivity contribution < 1.29 is 19.0 Å². The second-order valence-electron chi connectivity index (χ2n) is 6.66. The Hall–Kier alpha value is -3.24. The van der Waals surface area contributed by atoms with Crippen molar-refractivity contribution in [3.8, 4) is 17.2 Å². The van der Waals surface area contributed by atoms with Crippen LogP contribution in [0.1, 0.15) is 27.0 Å². The van der Waals surface area contributed by atoms with Crippen molar-refractivity contribution in [2.75, 3.05) is 7.11 Å². The maximum atomic E-state index is 12.8. The molecule has 0 unspecified atom stereocenters. The zero-order valence-electron chi connectivity index (χ0n) is 16.1. The summed E-state index contributed by atoms with van der Waals surface area (Å²) in [5.41, 5.74) is 3.10. The van der Waals surface area contributed by atoms with Gasteiger partial charge in [-0.1, -0.05) is 41.9 Å². The van der Waals surface area contributed by atoms with E-state index in [2.05, 4.69) is 0 Å². The van der Waals surface area contributed by atoms with Gasteiger partial charge in [-0.25, -0.2) is 0 Å². The number of carbonyl (C=O) groups excluding carboxylic acids is 1. The van der Waals surface area contributed by atoms with E-state index in [1.54, 1.807) is 25.3 Å². The highest BCUT2D eigenvalue weighted by atomic mass is 35.5. The minimum absolute atomic E-state index is 0.154. The number of allylic oxidation sites excluding steroid dienone is 1. The van der Waals surface area contributed by atoms with Crippen LogP contribution in [-0.2, 0) is 6.61 Å². The van der Waals surface area contributed by atoms with Gasteiger partial charge >= 0.3 is 0 Å². The highest BCUT2D eigenvalue weighted by Crippen LogP contribution is 2.40. The first-order valence-electron chi connectivity index (χ1n) is 9.15. The van der Waals surface area contributed by atoms with Crippen molar-refractivity contribution in [3.05, 3.63) is 93.7 Å². The summed E-state index contributed by atoms with van der Waals surface area (Å²) in [6, 6.07) is 18.5. The molecule has 0 spiro atoms. The molecule has 0 amide bonds. The summed E-state index contributed by atoms with van der Waals surface area (Å²) in [6.07, 6.45) is 1.70. The number of Topliss-reactive ketones (excluding diaryl/α,β-unsaturated/α-hetero) is 1. The number of ketones is 1. The molecular formula is C24H19ClO4. The number of rotatable bonds is 5. The topological polar surface area (TPSA) is 44.8 Å². The van der Waals surface area contributed by atoms with E-state index in [4.69, 9.17) is 25.8 Å². The molecule has 146 valence electrons. The maximum absolute atomic E-state index is 12.8. The van der Waals surface area contributed by atoms with Gasteiger partial charge < -0.3 is 14.2 Å². The van der Waals surface area contributed by atoms with Crippen molar-refractivity contribution in [2.45, 2.75) is 13.5 Å². The normalized spacial score (nSPS) is 13.9. The van der Waals surface area contributed by atoms with E-state index in [1.165, 1.54) is 0 Å². The van der Waals surface area contributed by atoms with Crippen LogP contribution in [0.3, 0.4) is 0 Å². The molecule has 1 aliphatic rings. The molecule has 0 atom stereocenters. The molecular weight excluding hydrogens is 388 g/mol. The average molecular weight is 407 g/mol. The monoisotopic (exact) mass is 406 g/mol. The molecule has 0 aromatic heterocycles. The number of fused-ring (bicyclic) bond motifs is 1. The van der Waals surface area contributed by atoms with Crippen LogP contribution >= 0.6 is 11.6 Å². The summed E-state index contributed by atoms with van der Waals surface area (Å²) < 4.78 is 17.2. The number of benzene rings is 3. The predicted octanol–water partition coefficient (Wildman–Crippen LogP) is 5.85. The lowest BCUT2D eigenvalue weighted by atomic mass is 10.1. The molecule has 0 saturated carbocycles. The van der Waals surface area contributed by atoms with Gasteiger partial charge in [-0.05, 0) is 48.9 Å². The second-order valence-corrected chi connectivity index (χ2v) is 7.10. The van der Waals surface area contributed by atoms with Crippen LogP contribution in [-0.4, -0.2) is 12.9 Å². The fraction of sp³-hybridized carbons (Fsp3) is 0.125. The van der Waals surface area contributed by atoms with Crippen LogP contribution in [0, 0.1) is 6.92 Å². The van der Waals surface area contributed by atoms with Gasteiger partial charge in [-0.3, -0.25) is 4.79 Å². The summed E-state index contributed by atoms with van der Waals surface area (Å²) in [4.78, 5) is 12.8. The lowest BCUT2D eigenvalue weighted by molar-refractivity contribution is 0.101. The average Bonchev–Trinajstić information content (AvgIpc) is 3.05. The quantitative estimate of drug-likeness (QED) is 0.498. The summed E-state index contributed by atoms with van der Waals surface area (Å²) in [7, 11) is 1.60. The first-order chi connectivity index (χ1) is 14.1. The standard InChI is InChI=1S/C24H19ClO4/c1-15-20(28-14-16-7-9-18(25)10-8-16)12-11-19-23(26)22(29-24(15)19)13-17-5-3-4-6-21(17)27-2/h3-13H,14H2,1-2H3/b22-13-. The number of carbonyl (C=O) groups is 1. The van der Waals surface area contributed by atoms with Crippen LogP contribution in [0.25, 0.3) is 6.08 Å². The van der Waals surface area contributed by atoms with E-state index < -0.39 is 0 Å². The van der Waals surface area contributed by atoms with Crippen LogP contribution < -0.4 is 14.2 Å². The lowest BCUT2D eigenvalue weighted by Crippen LogP contribution is -1.98. The van der Waals surface area contributed by atoms with Gasteiger partial charge in [0.15, 0.2) is 5.76 Å². The van der Waals surface area contributed by atoms with Crippen LogP contribution in [0.4, 0.5) is 0 Å². The van der Waals surface area contributed by atoms with Crippen molar-refractivity contribution in [2.24, 2.45) is 0 Å². The van der Waals surface area contributed by atoms with Gasteiger partial charge in [-0.15, -0.1) is 0 Å². The summed E-state index contributed by atoms with van der Waals surface area (Å²) in [6.45, 7) is 2.28. The molecule has 0 saturated heterocycles.